The molecule has 1 fully saturated rings. The zero-order valence-electron chi connectivity index (χ0n) is 19.7. The van der Waals surface area contributed by atoms with E-state index in [-0.39, 0.29) is 30.8 Å². The number of nitrogens with zero attached hydrogens (tertiary/aromatic N) is 1. The van der Waals surface area contributed by atoms with Crippen molar-refractivity contribution in [3.8, 4) is 0 Å². The molecule has 33 heavy (non-hydrogen) atoms. The van der Waals surface area contributed by atoms with Gasteiger partial charge in [-0.3, -0.25) is 0 Å². The number of urea groups is 1. The van der Waals surface area contributed by atoms with Gasteiger partial charge in [-0.25, -0.2) is 4.79 Å². The van der Waals surface area contributed by atoms with E-state index in [2.05, 4.69) is 36.1 Å². The van der Waals surface area contributed by atoms with Crippen LogP contribution in [0.1, 0.15) is 42.9 Å². The normalized spacial score (nSPS) is 22.7. The molecule has 0 aromatic heterocycles. The van der Waals surface area contributed by atoms with Gasteiger partial charge in [0.15, 0.2) is 6.29 Å². The van der Waals surface area contributed by atoms with Crippen LogP contribution >= 0.6 is 0 Å². The Morgan fingerprint density at radius 3 is 2.39 bits per heavy atom. The minimum Gasteiger partial charge on any atom is -0.392 e. The van der Waals surface area contributed by atoms with E-state index in [0.29, 0.717) is 12.2 Å². The average Bonchev–Trinajstić information content (AvgIpc) is 2.81. The van der Waals surface area contributed by atoms with Crippen molar-refractivity contribution in [3.05, 3.63) is 77.9 Å². The summed E-state index contributed by atoms with van der Waals surface area (Å²) in [7, 11) is 2.05. The minimum atomic E-state index is -0.538. The van der Waals surface area contributed by atoms with Crippen LogP contribution in [0.5, 0.6) is 0 Å². The van der Waals surface area contributed by atoms with Crippen molar-refractivity contribution < 1.29 is 19.4 Å². The quantitative estimate of drug-likeness (QED) is 0.495. The Bertz CT molecular complexity index is 901. The second-order valence-electron chi connectivity index (χ2n) is 8.44. The molecule has 0 aliphatic carbocycles. The van der Waals surface area contributed by atoms with Crippen LogP contribution in [-0.4, -0.2) is 48.8 Å². The number of carbonyl (C=O) groups excluding carboxylic acids is 1. The fraction of sp³-hybridized carbons (Fsp3) is 0.423. The molecule has 0 saturated carbocycles. The van der Waals surface area contributed by atoms with Gasteiger partial charge in [0.2, 0.25) is 0 Å². The molecule has 7 nitrogen and oxygen atoms in total. The molecule has 0 bridgehead atoms. The molecule has 7 heteroatoms. The molecule has 1 saturated heterocycles. The predicted molar refractivity (Wildman–Crippen MR) is 130 cm³/mol. The summed E-state index contributed by atoms with van der Waals surface area (Å²) < 4.78 is 12.9. The SMILES string of the molecule is C=CCN(C)CC1OC(c2ccc(NC(=O)NCC)cc2)OC(c2ccc(CO)cc2)C1C. The standard InChI is InChI=1S/C26H35N3O4/c1-5-15-29(4)16-23-18(3)24(20-9-7-19(17-30)8-10-20)33-25(32-23)21-11-13-22(14-12-21)28-26(31)27-6-2/h5,7-14,18,23-25,30H,1,6,15-17H2,2-4H3,(H2,27,28,31). The summed E-state index contributed by atoms with van der Waals surface area (Å²) in [5.74, 6) is 0.118. The van der Waals surface area contributed by atoms with Crippen molar-refractivity contribution >= 4 is 11.7 Å². The molecule has 2 aromatic carbocycles. The highest BCUT2D eigenvalue weighted by Gasteiger charge is 2.38. The van der Waals surface area contributed by atoms with Crippen molar-refractivity contribution in [3.63, 3.8) is 0 Å². The molecular weight excluding hydrogens is 418 g/mol. The largest absolute Gasteiger partial charge is 0.392 e. The molecule has 4 unspecified atom stereocenters. The van der Waals surface area contributed by atoms with Gasteiger partial charge in [0.05, 0.1) is 18.8 Å². The van der Waals surface area contributed by atoms with Crippen LogP contribution in [0, 0.1) is 5.92 Å². The lowest BCUT2D eigenvalue weighted by atomic mass is 9.90. The van der Waals surface area contributed by atoms with Crippen molar-refractivity contribution in [1.29, 1.82) is 0 Å². The summed E-state index contributed by atoms with van der Waals surface area (Å²) >= 11 is 0. The van der Waals surface area contributed by atoms with E-state index in [4.69, 9.17) is 9.47 Å². The van der Waals surface area contributed by atoms with E-state index in [9.17, 15) is 9.90 Å². The number of aliphatic hydroxyl groups is 1. The third kappa shape index (κ3) is 6.65. The lowest BCUT2D eigenvalue weighted by Gasteiger charge is -2.42. The van der Waals surface area contributed by atoms with Gasteiger partial charge in [0.1, 0.15) is 0 Å². The van der Waals surface area contributed by atoms with Gasteiger partial charge >= 0.3 is 6.03 Å². The fourth-order valence-electron chi connectivity index (χ4n) is 3.99. The number of rotatable bonds is 9. The van der Waals surface area contributed by atoms with E-state index >= 15 is 0 Å². The second-order valence-corrected chi connectivity index (χ2v) is 8.44. The van der Waals surface area contributed by atoms with Crippen LogP contribution in [0.3, 0.4) is 0 Å². The molecule has 0 radical (unpaired) electrons. The van der Waals surface area contributed by atoms with E-state index in [1.807, 2.05) is 61.5 Å². The van der Waals surface area contributed by atoms with Crippen LogP contribution in [0.4, 0.5) is 10.5 Å². The van der Waals surface area contributed by atoms with Crippen molar-refractivity contribution in [2.45, 2.75) is 39.0 Å². The number of carbonyl (C=O) groups is 1. The highest BCUT2D eigenvalue weighted by molar-refractivity contribution is 5.89. The van der Waals surface area contributed by atoms with E-state index in [0.717, 1.165) is 29.8 Å². The van der Waals surface area contributed by atoms with E-state index in [1.165, 1.54) is 0 Å². The number of aliphatic hydroxyl groups excluding tert-OH is 1. The molecule has 1 heterocycles. The van der Waals surface area contributed by atoms with Crippen LogP contribution in [0.25, 0.3) is 0 Å². The Morgan fingerprint density at radius 2 is 1.79 bits per heavy atom. The van der Waals surface area contributed by atoms with Gasteiger partial charge in [0, 0.05) is 36.8 Å². The number of likely N-dealkylation sites (N-methyl/N-ethyl adjacent to an activating group) is 1. The Labute approximate surface area is 196 Å². The summed E-state index contributed by atoms with van der Waals surface area (Å²) in [6, 6.07) is 15.2. The number of benzene rings is 2. The Morgan fingerprint density at radius 1 is 1.12 bits per heavy atom. The number of nitrogens with one attached hydrogen (secondary N) is 2. The second kappa shape index (κ2) is 12.0. The van der Waals surface area contributed by atoms with Crippen molar-refractivity contribution in [2.75, 3.05) is 32.0 Å². The molecule has 178 valence electrons. The summed E-state index contributed by atoms with van der Waals surface area (Å²) in [6.45, 7) is 9.94. The summed E-state index contributed by atoms with van der Waals surface area (Å²) in [6.07, 6.45) is 1.13. The maximum atomic E-state index is 11.8. The number of anilines is 1. The van der Waals surface area contributed by atoms with Crippen LogP contribution in [-0.2, 0) is 16.1 Å². The third-order valence-electron chi connectivity index (χ3n) is 5.83. The lowest BCUT2D eigenvalue weighted by molar-refractivity contribution is -0.275. The molecule has 3 N–H and O–H groups in total. The molecular formula is C26H35N3O4. The third-order valence-corrected chi connectivity index (χ3v) is 5.83. The van der Waals surface area contributed by atoms with Gasteiger partial charge in [-0.05, 0) is 37.2 Å². The maximum Gasteiger partial charge on any atom is 0.319 e. The molecule has 2 amide bonds. The van der Waals surface area contributed by atoms with Gasteiger partial charge in [0.25, 0.3) is 0 Å². The van der Waals surface area contributed by atoms with Gasteiger partial charge < -0.3 is 30.1 Å². The molecule has 2 aromatic rings. The zero-order valence-corrected chi connectivity index (χ0v) is 19.7. The van der Waals surface area contributed by atoms with Gasteiger partial charge in [-0.2, -0.15) is 0 Å². The topological polar surface area (TPSA) is 83.1 Å². The van der Waals surface area contributed by atoms with Crippen LogP contribution < -0.4 is 10.6 Å². The summed E-state index contributed by atoms with van der Waals surface area (Å²) in [5, 5.41) is 14.9. The highest BCUT2D eigenvalue weighted by atomic mass is 16.7. The monoisotopic (exact) mass is 453 g/mol. The molecule has 1 aliphatic rings. The van der Waals surface area contributed by atoms with E-state index in [1.54, 1.807) is 0 Å². The summed E-state index contributed by atoms with van der Waals surface area (Å²) in [4.78, 5) is 14.0. The van der Waals surface area contributed by atoms with Gasteiger partial charge in [-0.1, -0.05) is 49.4 Å². The average molecular weight is 454 g/mol. The first-order valence-electron chi connectivity index (χ1n) is 11.4. The minimum absolute atomic E-state index is 0.0126. The van der Waals surface area contributed by atoms with Crippen molar-refractivity contribution in [2.24, 2.45) is 5.92 Å². The van der Waals surface area contributed by atoms with Gasteiger partial charge in [-0.15, -0.1) is 6.58 Å². The summed E-state index contributed by atoms with van der Waals surface area (Å²) in [5.41, 5.74) is 3.51. The predicted octanol–water partition coefficient (Wildman–Crippen LogP) is 4.23. The highest BCUT2D eigenvalue weighted by Crippen LogP contribution is 2.41. The number of hydrogen-bond acceptors (Lipinski definition) is 5. The Balaban J connectivity index is 1.82. The first-order valence-corrected chi connectivity index (χ1v) is 11.4. The van der Waals surface area contributed by atoms with Crippen LogP contribution in [0.15, 0.2) is 61.2 Å². The number of ether oxygens (including phenoxy) is 2. The Kier molecular flexibility index (Phi) is 9.03. The Hall–Kier alpha value is -2.71. The molecule has 0 spiro atoms. The fourth-order valence-corrected chi connectivity index (χ4v) is 3.99. The maximum absolute atomic E-state index is 11.8. The molecule has 4 atom stereocenters. The smallest absolute Gasteiger partial charge is 0.319 e. The van der Waals surface area contributed by atoms with Crippen molar-refractivity contribution in [1.82, 2.24) is 10.2 Å². The lowest BCUT2D eigenvalue weighted by Crippen LogP contribution is -2.43. The first-order chi connectivity index (χ1) is 15.9. The molecule has 3 rings (SSSR count). The van der Waals surface area contributed by atoms with E-state index < -0.39 is 6.29 Å². The first kappa shape index (κ1) is 24.9. The zero-order chi connectivity index (χ0) is 23.8. The number of hydrogen-bond donors (Lipinski definition) is 3. The molecule has 1 aliphatic heterocycles. The number of amides is 2. The van der Waals surface area contributed by atoms with Crippen LogP contribution in [0.2, 0.25) is 0 Å².